The van der Waals surface area contributed by atoms with Crippen molar-refractivity contribution in [1.82, 2.24) is 9.66 Å². The maximum absolute atomic E-state index is 13.3. The average Bonchev–Trinajstić information content (AvgIpc) is 2.97. The van der Waals surface area contributed by atoms with Gasteiger partial charge in [0.15, 0.2) is 12.4 Å². The van der Waals surface area contributed by atoms with Crippen LogP contribution in [0.1, 0.15) is 5.56 Å². The van der Waals surface area contributed by atoms with E-state index in [4.69, 9.17) is 16.3 Å². The Hall–Kier alpha value is -5.42. The van der Waals surface area contributed by atoms with Crippen LogP contribution in [0.2, 0.25) is 5.02 Å². The summed E-state index contributed by atoms with van der Waals surface area (Å²) in [5.74, 6) is -1.15. The molecule has 0 aliphatic rings. The van der Waals surface area contributed by atoms with E-state index >= 15 is 0 Å². The smallest absolute Gasteiger partial charge is 0.313 e. The first-order valence-electron chi connectivity index (χ1n) is 12.1. The first kappa shape index (κ1) is 27.2. The van der Waals surface area contributed by atoms with Crippen LogP contribution in [-0.4, -0.2) is 33.3 Å². The van der Waals surface area contributed by atoms with Crippen LogP contribution >= 0.6 is 11.6 Å². The molecular formula is C29H19ClFN5O5. The third-order valence-corrected chi connectivity index (χ3v) is 6.11. The number of para-hydroxylation sites is 1. The van der Waals surface area contributed by atoms with Gasteiger partial charge in [-0.05, 0) is 42.5 Å². The van der Waals surface area contributed by atoms with E-state index in [0.29, 0.717) is 22.2 Å². The monoisotopic (exact) mass is 571 g/mol. The van der Waals surface area contributed by atoms with Gasteiger partial charge in [0.2, 0.25) is 5.75 Å². The van der Waals surface area contributed by atoms with Crippen molar-refractivity contribution >= 4 is 46.0 Å². The highest BCUT2D eigenvalue weighted by Gasteiger charge is 2.22. The topological polar surface area (TPSA) is 129 Å². The molecule has 0 spiro atoms. The number of aromatic nitrogens is 2. The minimum Gasteiger partial charge on any atom is -0.476 e. The Labute approximate surface area is 236 Å². The van der Waals surface area contributed by atoms with E-state index in [1.54, 1.807) is 48.5 Å². The van der Waals surface area contributed by atoms with Crippen molar-refractivity contribution < 1.29 is 18.8 Å². The first-order valence-corrected chi connectivity index (χ1v) is 12.5. The number of nitro benzene ring substituents is 1. The Morgan fingerprint density at radius 2 is 1.78 bits per heavy atom. The molecule has 204 valence electrons. The highest BCUT2D eigenvalue weighted by Crippen LogP contribution is 2.36. The normalized spacial score (nSPS) is 11.1. The van der Waals surface area contributed by atoms with Crippen molar-refractivity contribution in [3.63, 3.8) is 0 Å². The number of nitrogens with zero attached hydrogens (tertiary/aromatic N) is 4. The molecule has 4 aromatic carbocycles. The SMILES string of the molecule is O=C(COc1c(Cl)cc(C=Nn2c(-c3ccccc3)nc3ccccc3c2=O)cc1[N+](=O)[O-])Nc1ccc(F)cc1. The molecule has 0 saturated carbocycles. The van der Waals surface area contributed by atoms with Gasteiger partial charge in [-0.3, -0.25) is 19.7 Å². The molecule has 5 aromatic rings. The number of hydrogen-bond acceptors (Lipinski definition) is 7. The number of fused-ring (bicyclic) bond motifs is 1. The molecule has 0 fully saturated rings. The summed E-state index contributed by atoms with van der Waals surface area (Å²) in [7, 11) is 0. The van der Waals surface area contributed by atoms with Crippen molar-refractivity contribution in [2.45, 2.75) is 0 Å². The number of nitro groups is 1. The summed E-state index contributed by atoms with van der Waals surface area (Å²) in [6, 6.07) is 23.4. The number of hydrogen-bond donors (Lipinski definition) is 1. The van der Waals surface area contributed by atoms with Crippen LogP contribution in [0.25, 0.3) is 22.3 Å². The van der Waals surface area contributed by atoms with Gasteiger partial charge >= 0.3 is 5.69 Å². The lowest BCUT2D eigenvalue weighted by atomic mass is 10.2. The van der Waals surface area contributed by atoms with E-state index in [1.165, 1.54) is 36.5 Å². The number of carbonyl (C=O) groups excluding carboxylic acids is 1. The molecule has 1 heterocycles. The van der Waals surface area contributed by atoms with Gasteiger partial charge in [0, 0.05) is 22.9 Å². The van der Waals surface area contributed by atoms with Crippen LogP contribution in [0.3, 0.4) is 0 Å². The Morgan fingerprint density at radius 3 is 2.51 bits per heavy atom. The minimum atomic E-state index is -0.713. The number of nitrogens with one attached hydrogen (secondary N) is 1. The zero-order valence-corrected chi connectivity index (χ0v) is 21.8. The molecule has 1 aromatic heterocycles. The lowest BCUT2D eigenvalue weighted by Gasteiger charge is -2.11. The maximum atomic E-state index is 13.3. The lowest BCUT2D eigenvalue weighted by Crippen LogP contribution is -2.20. The second-order valence-electron chi connectivity index (χ2n) is 8.63. The maximum Gasteiger partial charge on any atom is 0.313 e. The summed E-state index contributed by atoms with van der Waals surface area (Å²) in [5.41, 5.74) is 0.703. The van der Waals surface area contributed by atoms with Gasteiger partial charge in [0.1, 0.15) is 5.82 Å². The predicted octanol–water partition coefficient (Wildman–Crippen LogP) is 5.66. The quantitative estimate of drug-likeness (QED) is 0.145. The molecular weight excluding hydrogens is 553 g/mol. The number of amides is 1. The number of anilines is 1. The van der Waals surface area contributed by atoms with E-state index in [9.17, 15) is 24.1 Å². The number of ether oxygens (including phenoxy) is 1. The van der Waals surface area contributed by atoms with E-state index in [2.05, 4.69) is 15.4 Å². The first-order chi connectivity index (χ1) is 19.8. The molecule has 12 heteroatoms. The molecule has 0 aliphatic heterocycles. The summed E-state index contributed by atoms with van der Waals surface area (Å²) in [4.78, 5) is 41.3. The van der Waals surface area contributed by atoms with Crippen LogP contribution in [0.4, 0.5) is 15.8 Å². The highest BCUT2D eigenvalue weighted by atomic mass is 35.5. The third-order valence-electron chi connectivity index (χ3n) is 5.83. The Balaban J connectivity index is 1.45. The van der Waals surface area contributed by atoms with E-state index in [-0.39, 0.29) is 22.2 Å². The molecule has 5 rings (SSSR count). The number of halogens is 2. The highest BCUT2D eigenvalue weighted by molar-refractivity contribution is 6.32. The summed E-state index contributed by atoms with van der Waals surface area (Å²) >= 11 is 6.31. The lowest BCUT2D eigenvalue weighted by molar-refractivity contribution is -0.385. The molecule has 0 radical (unpaired) electrons. The van der Waals surface area contributed by atoms with Crippen LogP contribution in [0.15, 0.2) is 101 Å². The molecule has 0 unspecified atom stereocenters. The number of carbonyl (C=O) groups is 1. The molecule has 0 aliphatic carbocycles. The second kappa shape index (κ2) is 11.8. The van der Waals surface area contributed by atoms with Crippen molar-refractivity contribution in [2.75, 3.05) is 11.9 Å². The largest absolute Gasteiger partial charge is 0.476 e. The zero-order valence-electron chi connectivity index (χ0n) is 21.0. The summed E-state index contributed by atoms with van der Waals surface area (Å²) in [6.07, 6.45) is 1.24. The second-order valence-corrected chi connectivity index (χ2v) is 9.04. The fourth-order valence-electron chi connectivity index (χ4n) is 3.95. The van der Waals surface area contributed by atoms with Gasteiger partial charge in [0.25, 0.3) is 11.5 Å². The fraction of sp³-hybridized carbons (Fsp3) is 0.0345. The van der Waals surface area contributed by atoms with Gasteiger partial charge in [-0.2, -0.15) is 9.78 Å². The Kier molecular flexibility index (Phi) is 7.79. The van der Waals surface area contributed by atoms with Crippen molar-refractivity contribution in [1.29, 1.82) is 0 Å². The Morgan fingerprint density at radius 1 is 1.07 bits per heavy atom. The van der Waals surface area contributed by atoms with Gasteiger partial charge < -0.3 is 10.1 Å². The molecule has 1 N–H and O–H groups in total. The van der Waals surface area contributed by atoms with Gasteiger partial charge in [-0.25, -0.2) is 9.37 Å². The number of rotatable bonds is 8. The van der Waals surface area contributed by atoms with Crippen molar-refractivity contribution in [3.05, 3.63) is 128 Å². The van der Waals surface area contributed by atoms with Crippen LogP contribution in [0, 0.1) is 15.9 Å². The van der Waals surface area contributed by atoms with E-state index < -0.39 is 34.5 Å². The standard InChI is InChI=1S/C29H19ClFN5O5/c30-23-14-18(15-25(36(39)40)27(23)41-17-26(37)33-21-12-10-20(31)11-13-21)16-32-35-28(19-6-2-1-3-7-19)34-24-9-5-4-8-22(24)29(35)38/h1-16H,17H2,(H,33,37). The van der Waals surface area contributed by atoms with E-state index in [0.717, 1.165) is 10.7 Å². The fourth-order valence-corrected chi connectivity index (χ4v) is 4.23. The van der Waals surface area contributed by atoms with Crippen LogP contribution in [0.5, 0.6) is 5.75 Å². The van der Waals surface area contributed by atoms with Crippen molar-refractivity contribution in [3.8, 4) is 17.1 Å². The molecule has 1 amide bonds. The molecule has 0 atom stereocenters. The van der Waals surface area contributed by atoms with Crippen LogP contribution in [-0.2, 0) is 4.79 Å². The minimum absolute atomic E-state index is 0.150. The third kappa shape index (κ3) is 6.10. The molecule has 41 heavy (non-hydrogen) atoms. The average molecular weight is 572 g/mol. The number of benzene rings is 4. The zero-order chi connectivity index (χ0) is 28.9. The summed E-state index contributed by atoms with van der Waals surface area (Å²) in [6.45, 7) is -0.593. The predicted molar refractivity (Wildman–Crippen MR) is 153 cm³/mol. The van der Waals surface area contributed by atoms with Gasteiger partial charge in [0.05, 0.1) is 27.1 Å². The molecule has 0 saturated heterocycles. The summed E-state index contributed by atoms with van der Waals surface area (Å²) < 4.78 is 19.6. The van der Waals surface area contributed by atoms with Crippen LogP contribution < -0.4 is 15.6 Å². The van der Waals surface area contributed by atoms with E-state index in [1.807, 2.05) is 6.07 Å². The van der Waals surface area contributed by atoms with Gasteiger partial charge in [-0.15, -0.1) is 0 Å². The molecule has 10 nitrogen and oxygen atoms in total. The summed E-state index contributed by atoms with van der Waals surface area (Å²) in [5, 5.41) is 18.8. The molecule has 0 bridgehead atoms. The Bertz CT molecular complexity index is 1860. The van der Waals surface area contributed by atoms with Gasteiger partial charge in [-0.1, -0.05) is 54.1 Å². The van der Waals surface area contributed by atoms with Crippen molar-refractivity contribution in [2.24, 2.45) is 5.10 Å².